The molecule has 1 amide bonds. The Labute approximate surface area is 173 Å². The van der Waals surface area contributed by atoms with Crippen LogP contribution in [0.1, 0.15) is 29.8 Å². The fraction of sp³-hybridized carbons (Fsp3) is 0.250. The van der Waals surface area contributed by atoms with Gasteiger partial charge in [-0.25, -0.2) is 18.4 Å². The van der Waals surface area contributed by atoms with E-state index in [2.05, 4.69) is 15.3 Å². The minimum absolute atomic E-state index is 0.0987. The van der Waals surface area contributed by atoms with Gasteiger partial charge < -0.3 is 14.8 Å². The van der Waals surface area contributed by atoms with Gasteiger partial charge in [0.05, 0.1) is 18.1 Å². The van der Waals surface area contributed by atoms with E-state index >= 15 is 0 Å². The Balaban J connectivity index is 1.45. The lowest BCUT2D eigenvalue weighted by Gasteiger charge is -2.24. The maximum absolute atomic E-state index is 12.6. The van der Waals surface area contributed by atoms with Crippen molar-refractivity contribution in [1.29, 1.82) is 0 Å². The topological polar surface area (TPSA) is 126 Å². The maximum Gasteiger partial charge on any atom is 0.291 e. The number of rotatable bonds is 5. The van der Waals surface area contributed by atoms with E-state index in [1.54, 1.807) is 18.2 Å². The van der Waals surface area contributed by atoms with Crippen molar-refractivity contribution in [2.45, 2.75) is 24.4 Å². The van der Waals surface area contributed by atoms with Gasteiger partial charge in [0.2, 0.25) is 5.09 Å². The summed E-state index contributed by atoms with van der Waals surface area (Å²) in [6.45, 7) is 0.904. The maximum atomic E-state index is 12.6. The smallest absolute Gasteiger partial charge is 0.291 e. The van der Waals surface area contributed by atoms with Crippen molar-refractivity contribution in [1.82, 2.24) is 14.3 Å². The van der Waals surface area contributed by atoms with E-state index in [1.165, 1.54) is 34.9 Å². The van der Waals surface area contributed by atoms with Crippen LogP contribution in [0, 0.1) is 0 Å². The molecular weight excluding hydrogens is 408 g/mol. The van der Waals surface area contributed by atoms with E-state index in [-0.39, 0.29) is 16.6 Å². The standard InChI is InChI=1S/C20H20N4O5S/c25-16-6-4-5-14(11-16)19-21-12-15(13-22-19)23-20(26)17-7-8-18(29-17)30(27,28)24-9-2-1-3-10-24/h4-8,11-13,25H,1-3,9-10H2,(H,23,26). The molecule has 9 nitrogen and oxygen atoms in total. The zero-order chi connectivity index (χ0) is 21.1. The fourth-order valence-electron chi connectivity index (χ4n) is 3.19. The Morgan fingerprint density at radius 1 is 1.07 bits per heavy atom. The summed E-state index contributed by atoms with van der Waals surface area (Å²) in [7, 11) is -3.75. The number of benzene rings is 1. The first-order valence-corrected chi connectivity index (χ1v) is 10.9. The van der Waals surface area contributed by atoms with Crippen LogP contribution in [0.5, 0.6) is 5.75 Å². The van der Waals surface area contributed by atoms with Crippen molar-refractivity contribution in [3.63, 3.8) is 0 Å². The lowest BCUT2D eigenvalue weighted by Crippen LogP contribution is -2.35. The molecule has 0 unspecified atom stereocenters. The average molecular weight is 428 g/mol. The lowest BCUT2D eigenvalue weighted by molar-refractivity contribution is 0.0991. The number of carbonyl (C=O) groups excluding carboxylic acids is 1. The van der Waals surface area contributed by atoms with Crippen molar-refractivity contribution in [2.24, 2.45) is 0 Å². The highest BCUT2D eigenvalue weighted by molar-refractivity contribution is 7.89. The quantitative estimate of drug-likeness (QED) is 0.640. The number of hydrogen-bond donors (Lipinski definition) is 2. The number of aromatic hydroxyl groups is 1. The molecule has 1 aliphatic rings. The summed E-state index contributed by atoms with van der Waals surface area (Å²) in [6.07, 6.45) is 5.46. The average Bonchev–Trinajstić information content (AvgIpc) is 3.26. The van der Waals surface area contributed by atoms with E-state index < -0.39 is 15.9 Å². The molecule has 3 aromatic rings. The molecule has 0 bridgehead atoms. The predicted octanol–water partition coefficient (Wildman–Crippen LogP) is 2.87. The number of anilines is 1. The number of sulfonamides is 1. The number of amides is 1. The minimum atomic E-state index is -3.75. The summed E-state index contributed by atoms with van der Waals surface area (Å²) >= 11 is 0. The third kappa shape index (κ3) is 4.19. The van der Waals surface area contributed by atoms with Gasteiger partial charge in [-0.3, -0.25) is 4.79 Å². The van der Waals surface area contributed by atoms with E-state index in [0.29, 0.717) is 30.2 Å². The normalized spacial score (nSPS) is 15.1. The molecule has 1 saturated heterocycles. The number of phenolic OH excluding ortho intramolecular Hbond substituents is 1. The predicted molar refractivity (Wildman–Crippen MR) is 108 cm³/mol. The van der Waals surface area contributed by atoms with Crippen molar-refractivity contribution in [3.8, 4) is 17.1 Å². The summed E-state index contributed by atoms with van der Waals surface area (Å²) in [5.74, 6) is -0.246. The van der Waals surface area contributed by atoms with Gasteiger partial charge in [0.15, 0.2) is 11.6 Å². The molecule has 0 saturated carbocycles. The first kappa shape index (κ1) is 20.0. The van der Waals surface area contributed by atoms with Crippen LogP contribution in [-0.4, -0.2) is 46.8 Å². The summed E-state index contributed by atoms with van der Waals surface area (Å²) in [5, 5.41) is 11.9. The van der Waals surface area contributed by atoms with E-state index in [9.17, 15) is 18.3 Å². The Hall–Kier alpha value is -3.24. The number of piperidine rings is 1. The number of nitrogens with zero attached hydrogens (tertiary/aromatic N) is 3. The second-order valence-electron chi connectivity index (χ2n) is 6.88. The lowest BCUT2D eigenvalue weighted by atomic mass is 10.2. The Morgan fingerprint density at radius 3 is 2.50 bits per heavy atom. The Bertz CT molecular complexity index is 1150. The molecule has 4 rings (SSSR count). The summed E-state index contributed by atoms with van der Waals surface area (Å²) in [4.78, 5) is 20.8. The third-order valence-corrected chi connectivity index (χ3v) is 6.50. The zero-order valence-corrected chi connectivity index (χ0v) is 16.8. The van der Waals surface area contributed by atoms with Gasteiger partial charge >= 0.3 is 0 Å². The Kier molecular flexibility index (Phi) is 5.51. The van der Waals surface area contributed by atoms with Gasteiger partial charge in [-0.15, -0.1) is 0 Å². The molecular formula is C20H20N4O5S. The molecule has 10 heteroatoms. The van der Waals surface area contributed by atoms with Crippen LogP contribution >= 0.6 is 0 Å². The second kappa shape index (κ2) is 8.25. The number of nitrogens with one attached hydrogen (secondary N) is 1. The largest absolute Gasteiger partial charge is 0.508 e. The van der Waals surface area contributed by atoms with Crippen LogP contribution in [-0.2, 0) is 10.0 Å². The molecule has 2 aromatic heterocycles. The summed E-state index contributed by atoms with van der Waals surface area (Å²) < 4.78 is 32.0. The van der Waals surface area contributed by atoms with Gasteiger partial charge in [0, 0.05) is 18.7 Å². The highest BCUT2D eigenvalue weighted by Crippen LogP contribution is 2.23. The number of aromatic nitrogens is 2. The molecule has 1 aliphatic heterocycles. The first-order chi connectivity index (χ1) is 14.4. The highest BCUT2D eigenvalue weighted by Gasteiger charge is 2.29. The molecule has 2 N–H and O–H groups in total. The Morgan fingerprint density at radius 2 is 1.80 bits per heavy atom. The van der Waals surface area contributed by atoms with Crippen molar-refractivity contribution in [3.05, 3.63) is 54.6 Å². The van der Waals surface area contributed by atoms with Crippen LogP contribution in [0.4, 0.5) is 5.69 Å². The number of hydrogen-bond acceptors (Lipinski definition) is 7. The molecule has 3 heterocycles. The molecule has 156 valence electrons. The van der Waals surface area contributed by atoms with Crippen molar-refractivity contribution >= 4 is 21.6 Å². The molecule has 0 radical (unpaired) electrons. The van der Waals surface area contributed by atoms with Gasteiger partial charge in [-0.05, 0) is 37.1 Å². The van der Waals surface area contributed by atoms with Crippen molar-refractivity contribution in [2.75, 3.05) is 18.4 Å². The highest BCUT2D eigenvalue weighted by atomic mass is 32.2. The zero-order valence-electron chi connectivity index (χ0n) is 16.0. The van der Waals surface area contributed by atoms with Gasteiger partial charge in [-0.1, -0.05) is 18.6 Å². The number of phenols is 1. The molecule has 30 heavy (non-hydrogen) atoms. The molecule has 0 aliphatic carbocycles. The van der Waals surface area contributed by atoms with Gasteiger partial charge in [0.25, 0.3) is 15.9 Å². The second-order valence-corrected chi connectivity index (χ2v) is 8.75. The van der Waals surface area contributed by atoms with Crippen LogP contribution in [0.2, 0.25) is 0 Å². The van der Waals surface area contributed by atoms with E-state index in [1.807, 2.05) is 0 Å². The molecule has 0 spiro atoms. The molecule has 1 fully saturated rings. The van der Waals surface area contributed by atoms with Crippen LogP contribution in [0.15, 0.2) is 58.3 Å². The number of furan rings is 1. The van der Waals surface area contributed by atoms with Crippen LogP contribution in [0.3, 0.4) is 0 Å². The summed E-state index contributed by atoms with van der Waals surface area (Å²) in [6, 6.07) is 9.12. The summed E-state index contributed by atoms with van der Waals surface area (Å²) in [5.41, 5.74) is 0.951. The third-order valence-electron chi connectivity index (χ3n) is 4.73. The monoisotopic (exact) mass is 428 g/mol. The molecule has 0 atom stereocenters. The molecule has 1 aromatic carbocycles. The minimum Gasteiger partial charge on any atom is -0.508 e. The first-order valence-electron chi connectivity index (χ1n) is 9.46. The van der Waals surface area contributed by atoms with Gasteiger partial charge in [0.1, 0.15) is 5.75 Å². The van der Waals surface area contributed by atoms with Crippen molar-refractivity contribution < 1.29 is 22.7 Å². The number of carbonyl (C=O) groups is 1. The fourth-order valence-corrected chi connectivity index (χ4v) is 4.62. The van der Waals surface area contributed by atoms with E-state index in [0.717, 1.165) is 19.3 Å². The van der Waals surface area contributed by atoms with E-state index in [4.69, 9.17) is 4.42 Å². The van der Waals surface area contributed by atoms with Crippen LogP contribution < -0.4 is 5.32 Å². The van der Waals surface area contributed by atoms with Crippen LogP contribution in [0.25, 0.3) is 11.4 Å². The SMILES string of the molecule is O=C(Nc1cnc(-c2cccc(O)c2)nc1)c1ccc(S(=O)(=O)N2CCCCC2)o1. The van der Waals surface area contributed by atoms with Gasteiger partial charge in [-0.2, -0.15) is 4.31 Å².